The van der Waals surface area contributed by atoms with Crippen LogP contribution in [0, 0.1) is 0 Å². The molecule has 1 unspecified atom stereocenters. The van der Waals surface area contributed by atoms with Crippen LogP contribution in [0.15, 0.2) is 54.6 Å². The molecule has 4 amide bonds. The molecular formula is C24H29N5O4. The lowest BCUT2D eigenvalue weighted by Crippen LogP contribution is -2.53. The number of amides is 4. The molecule has 2 saturated heterocycles. The lowest BCUT2D eigenvalue weighted by molar-refractivity contribution is -0.139. The summed E-state index contributed by atoms with van der Waals surface area (Å²) in [5.41, 5.74) is 3.10. The molecule has 9 heteroatoms. The van der Waals surface area contributed by atoms with Crippen molar-refractivity contribution in [3.05, 3.63) is 60.2 Å². The molecule has 2 aromatic carbocycles. The summed E-state index contributed by atoms with van der Waals surface area (Å²) in [6, 6.07) is 16.4. The van der Waals surface area contributed by atoms with Gasteiger partial charge in [0.05, 0.1) is 13.7 Å². The van der Waals surface area contributed by atoms with Crippen molar-refractivity contribution >= 4 is 23.5 Å². The van der Waals surface area contributed by atoms with Crippen molar-refractivity contribution in [1.82, 2.24) is 20.7 Å². The topological polar surface area (TPSA) is 94.2 Å². The Morgan fingerprint density at radius 1 is 1.06 bits per heavy atom. The fraction of sp³-hybridized carbons (Fsp3) is 0.375. The summed E-state index contributed by atoms with van der Waals surface area (Å²) in [7, 11) is 1.64. The normalized spacial score (nSPS) is 21.2. The average Bonchev–Trinajstić information content (AvgIpc) is 3.10. The zero-order valence-electron chi connectivity index (χ0n) is 18.9. The van der Waals surface area contributed by atoms with Gasteiger partial charge in [0.2, 0.25) is 0 Å². The van der Waals surface area contributed by atoms with E-state index in [1.165, 1.54) is 0 Å². The number of piperazine rings is 1. The fourth-order valence-corrected chi connectivity index (χ4v) is 4.37. The Bertz CT molecular complexity index is 1020. The molecular weight excluding hydrogens is 422 g/mol. The number of rotatable bonds is 7. The largest absolute Gasteiger partial charge is 0.497 e. The Labute approximate surface area is 193 Å². The quantitative estimate of drug-likeness (QED) is 0.623. The molecule has 2 aliphatic rings. The Morgan fingerprint density at radius 3 is 2.45 bits per heavy atom. The predicted octanol–water partition coefficient (Wildman–Crippen LogP) is 1.71. The molecule has 2 heterocycles. The molecule has 33 heavy (non-hydrogen) atoms. The van der Waals surface area contributed by atoms with E-state index in [9.17, 15) is 14.4 Å². The highest BCUT2D eigenvalue weighted by molar-refractivity contribution is 6.08. The number of urea groups is 1. The third kappa shape index (κ3) is 4.49. The lowest BCUT2D eigenvalue weighted by atomic mass is 9.87. The van der Waals surface area contributed by atoms with E-state index in [2.05, 4.69) is 15.6 Å². The number of hydrogen-bond donors (Lipinski definition) is 2. The SMILES string of the molecule is CCC1(c2ccccc2)NC(=O)N(NC(=O)CN2CCN(c3cccc(OC)c3)CC2)C1=O. The maximum atomic E-state index is 13.1. The summed E-state index contributed by atoms with van der Waals surface area (Å²) in [6.07, 6.45) is 0.375. The number of hydrogen-bond acceptors (Lipinski definition) is 6. The van der Waals surface area contributed by atoms with Crippen LogP contribution in [-0.2, 0) is 15.1 Å². The second-order valence-electron chi connectivity index (χ2n) is 8.20. The predicted molar refractivity (Wildman–Crippen MR) is 124 cm³/mol. The van der Waals surface area contributed by atoms with Crippen LogP contribution in [0.4, 0.5) is 10.5 Å². The van der Waals surface area contributed by atoms with E-state index in [1.807, 2.05) is 54.3 Å². The number of ether oxygens (including phenoxy) is 1. The van der Waals surface area contributed by atoms with Gasteiger partial charge < -0.3 is 15.0 Å². The number of hydrazine groups is 1. The number of carbonyl (C=O) groups excluding carboxylic acids is 3. The van der Waals surface area contributed by atoms with Gasteiger partial charge >= 0.3 is 6.03 Å². The highest BCUT2D eigenvalue weighted by atomic mass is 16.5. The second kappa shape index (κ2) is 9.50. The maximum absolute atomic E-state index is 13.1. The van der Waals surface area contributed by atoms with Gasteiger partial charge in [-0.2, -0.15) is 5.01 Å². The van der Waals surface area contributed by atoms with E-state index in [-0.39, 0.29) is 6.54 Å². The standard InChI is InChI=1S/C24H29N5O4/c1-3-24(18-8-5-4-6-9-18)22(31)29(23(32)25-24)26-21(30)17-27-12-14-28(15-13-27)19-10-7-11-20(16-19)33-2/h4-11,16H,3,12-15,17H2,1-2H3,(H,25,32)(H,26,30). The van der Waals surface area contributed by atoms with E-state index in [1.54, 1.807) is 19.2 Å². The Balaban J connectivity index is 1.34. The summed E-state index contributed by atoms with van der Waals surface area (Å²) in [5.74, 6) is -0.0628. The van der Waals surface area contributed by atoms with Crippen molar-refractivity contribution in [2.45, 2.75) is 18.9 Å². The van der Waals surface area contributed by atoms with Crippen LogP contribution in [0.2, 0.25) is 0 Å². The number of benzene rings is 2. The Hall–Kier alpha value is -3.59. The smallest absolute Gasteiger partial charge is 0.344 e. The third-order valence-corrected chi connectivity index (χ3v) is 6.28. The first-order valence-electron chi connectivity index (χ1n) is 11.1. The van der Waals surface area contributed by atoms with Crippen molar-refractivity contribution < 1.29 is 19.1 Å². The first-order chi connectivity index (χ1) is 16.0. The Kier molecular flexibility index (Phi) is 6.50. The molecule has 2 N–H and O–H groups in total. The van der Waals surface area contributed by atoms with Crippen LogP contribution < -0.4 is 20.4 Å². The molecule has 1 atom stereocenters. The molecule has 174 valence electrons. The molecule has 0 aromatic heterocycles. The Morgan fingerprint density at radius 2 is 1.79 bits per heavy atom. The minimum absolute atomic E-state index is 0.105. The van der Waals surface area contributed by atoms with Gasteiger partial charge in [-0.15, -0.1) is 0 Å². The first kappa shape index (κ1) is 22.6. The first-order valence-corrected chi connectivity index (χ1v) is 11.1. The number of nitrogens with zero attached hydrogens (tertiary/aromatic N) is 3. The molecule has 0 spiro atoms. The van der Waals surface area contributed by atoms with Gasteiger partial charge in [-0.1, -0.05) is 43.3 Å². The fourth-order valence-electron chi connectivity index (χ4n) is 4.37. The zero-order chi connectivity index (χ0) is 23.4. The van der Waals surface area contributed by atoms with Crippen molar-refractivity contribution in [3.63, 3.8) is 0 Å². The summed E-state index contributed by atoms with van der Waals surface area (Å²) in [4.78, 5) is 42.6. The van der Waals surface area contributed by atoms with E-state index >= 15 is 0 Å². The summed E-state index contributed by atoms with van der Waals surface area (Å²) in [6.45, 7) is 4.83. The molecule has 0 aliphatic carbocycles. The highest BCUT2D eigenvalue weighted by Crippen LogP contribution is 2.31. The van der Waals surface area contributed by atoms with Crippen molar-refractivity contribution in [1.29, 1.82) is 0 Å². The zero-order valence-corrected chi connectivity index (χ0v) is 18.9. The van der Waals surface area contributed by atoms with Crippen LogP contribution in [0.25, 0.3) is 0 Å². The van der Waals surface area contributed by atoms with Crippen LogP contribution in [0.1, 0.15) is 18.9 Å². The van der Waals surface area contributed by atoms with Gasteiger partial charge in [0, 0.05) is 37.9 Å². The van der Waals surface area contributed by atoms with E-state index in [0.29, 0.717) is 25.1 Å². The summed E-state index contributed by atoms with van der Waals surface area (Å²) < 4.78 is 5.30. The molecule has 0 bridgehead atoms. The minimum Gasteiger partial charge on any atom is -0.497 e. The van der Waals surface area contributed by atoms with E-state index in [4.69, 9.17) is 4.74 Å². The van der Waals surface area contributed by atoms with Crippen LogP contribution in [-0.4, -0.2) is 67.6 Å². The van der Waals surface area contributed by atoms with Crippen LogP contribution in [0.3, 0.4) is 0 Å². The minimum atomic E-state index is -1.17. The van der Waals surface area contributed by atoms with Crippen LogP contribution in [0.5, 0.6) is 5.75 Å². The molecule has 0 saturated carbocycles. The van der Waals surface area contributed by atoms with E-state index in [0.717, 1.165) is 29.5 Å². The molecule has 2 aromatic rings. The summed E-state index contributed by atoms with van der Waals surface area (Å²) >= 11 is 0. The third-order valence-electron chi connectivity index (χ3n) is 6.28. The number of imide groups is 1. The maximum Gasteiger partial charge on any atom is 0.344 e. The second-order valence-corrected chi connectivity index (χ2v) is 8.20. The molecule has 2 fully saturated rings. The molecule has 9 nitrogen and oxygen atoms in total. The number of carbonyl (C=O) groups is 3. The molecule has 0 radical (unpaired) electrons. The summed E-state index contributed by atoms with van der Waals surface area (Å²) in [5, 5.41) is 3.58. The van der Waals surface area contributed by atoms with Gasteiger partial charge in [-0.25, -0.2) is 4.79 Å². The van der Waals surface area contributed by atoms with Gasteiger partial charge in [0.25, 0.3) is 11.8 Å². The monoisotopic (exact) mass is 451 g/mol. The van der Waals surface area contributed by atoms with Gasteiger partial charge in [-0.05, 0) is 24.1 Å². The van der Waals surface area contributed by atoms with Gasteiger partial charge in [0.15, 0.2) is 0 Å². The number of anilines is 1. The van der Waals surface area contributed by atoms with Gasteiger partial charge in [0.1, 0.15) is 11.3 Å². The van der Waals surface area contributed by atoms with Crippen molar-refractivity contribution in [2.24, 2.45) is 0 Å². The number of nitrogens with one attached hydrogen (secondary N) is 2. The van der Waals surface area contributed by atoms with Crippen molar-refractivity contribution in [2.75, 3.05) is 44.7 Å². The van der Waals surface area contributed by atoms with E-state index < -0.39 is 23.4 Å². The lowest BCUT2D eigenvalue weighted by Gasteiger charge is -2.36. The van der Waals surface area contributed by atoms with Crippen LogP contribution >= 0.6 is 0 Å². The number of methoxy groups -OCH3 is 1. The molecule has 2 aliphatic heterocycles. The molecule has 4 rings (SSSR count). The van der Waals surface area contributed by atoms with Crippen molar-refractivity contribution in [3.8, 4) is 5.75 Å². The average molecular weight is 452 g/mol. The highest BCUT2D eigenvalue weighted by Gasteiger charge is 2.52. The van der Waals surface area contributed by atoms with Gasteiger partial charge in [-0.3, -0.25) is 19.9 Å².